The van der Waals surface area contributed by atoms with E-state index in [-0.39, 0.29) is 18.0 Å². The molecule has 5 heteroatoms. The zero-order valence-corrected chi connectivity index (χ0v) is 11.6. The molecule has 0 bridgehead atoms. The van der Waals surface area contributed by atoms with E-state index in [0.29, 0.717) is 13.1 Å². The highest BCUT2D eigenvalue weighted by Crippen LogP contribution is 2.30. The standard InChI is InChI=1S/C13H22N2O3/c1-13(2,3)10-5-7-15(8-6-10)12(18)14(4)9-11(16)17/h5H,6-9H2,1-4H3,(H,16,17). The summed E-state index contributed by atoms with van der Waals surface area (Å²) in [5, 5.41) is 8.66. The van der Waals surface area contributed by atoms with Crippen molar-refractivity contribution in [1.82, 2.24) is 9.80 Å². The third kappa shape index (κ3) is 3.75. The molecule has 0 unspecified atom stereocenters. The fourth-order valence-corrected chi connectivity index (χ4v) is 2.04. The van der Waals surface area contributed by atoms with Crippen LogP contribution in [0.25, 0.3) is 0 Å². The van der Waals surface area contributed by atoms with Crippen molar-refractivity contribution in [2.75, 3.05) is 26.7 Å². The average Bonchev–Trinajstić information content (AvgIpc) is 2.26. The first kappa shape index (κ1) is 14.5. The summed E-state index contributed by atoms with van der Waals surface area (Å²) in [6.07, 6.45) is 2.94. The number of carbonyl (C=O) groups is 2. The van der Waals surface area contributed by atoms with Crippen LogP contribution in [0.15, 0.2) is 11.6 Å². The predicted octanol–water partition coefficient (Wildman–Crippen LogP) is 1.80. The molecule has 102 valence electrons. The highest BCUT2D eigenvalue weighted by molar-refractivity contribution is 5.80. The Morgan fingerprint density at radius 2 is 2.06 bits per heavy atom. The topological polar surface area (TPSA) is 60.9 Å². The summed E-state index contributed by atoms with van der Waals surface area (Å²) in [6.45, 7) is 7.44. The second-order valence-corrected chi connectivity index (χ2v) is 5.71. The second-order valence-electron chi connectivity index (χ2n) is 5.71. The van der Waals surface area contributed by atoms with Crippen molar-refractivity contribution in [3.8, 4) is 0 Å². The molecule has 1 aliphatic heterocycles. The smallest absolute Gasteiger partial charge is 0.323 e. The number of carboxylic acids is 1. The van der Waals surface area contributed by atoms with Gasteiger partial charge >= 0.3 is 12.0 Å². The Morgan fingerprint density at radius 3 is 2.44 bits per heavy atom. The molecule has 0 aromatic carbocycles. The van der Waals surface area contributed by atoms with Gasteiger partial charge in [-0.15, -0.1) is 0 Å². The van der Waals surface area contributed by atoms with E-state index in [0.717, 1.165) is 6.42 Å². The number of carbonyl (C=O) groups excluding carboxylic acids is 1. The van der Waals surface area contributed by atoms with Crippen LogP contribution < -0.4 is 0 Å². The Morgan fingerprint density at radius 1 is 1.44 bits per heavy atom. The summed E-state index contributed by atoms with van der Waals surface area (Å²) in [4.78, 5) is 25.4. The van der Waals surface area contributed by atoms with Crippen LogP contribution in [-0.2, 0) is 4.79 Å². The molecule has 0 atom stereocenters. The molecule has 0 saturated heterocycles. The van der Waals surface area contributed by atoms with Crippen molar-refractivity contribution in [2.24, 2.45) is 5.41 Å². The van der Waals surface area contributed by atoms with Crippen molar-refractivity contribution in [2.45, 2.75) is 27.2 Å². The molecule has 1 aliphatic rings. The summed E-state index contributed by atoms with van der Waals surface area (Å²) in [7, 11) is 1.51. The van der Waals surface area contributed by atoms with Gasteiger partial charge in [-0.05, 0) is 11.8 Å². The van der Waals surface area contributed by atoms with E-state index in [1.54, 1.807) is 4.90 Å². The Bertz CT molecular complexity index is 369. The lowest BCUT2D eigenvalue weighted by Gasteiger charge is -2.33. The van der Waals surface area contributed by atoms with Crippen LogP contribution in [0.4, 0.5) is 4.79 Å². The molecule has 18 heavy (non-hydrogen) atoms. The molecular weight excluding hydrogens is 232 g/mol. The third-order valence-electron chi connectivity index (χ3n) is 3.14. The van der Waals surface area contributed by atoms with Gasteiger partial charge in [-0.3, -0.25) is 4.79 Å². The molecule has 1 rings (SSSR count). The molecule has 5 nitrogen and oxygen atoms in total. The summed E-state index contributed by atoms with van der Waals surface area (Å²) in [5.74, 6) is -0.992. The van der Waals surface area contributed by atoms with Gasteiger partial charge < -0.3 is 14.9 Å². The molecule has 0 radical (unpaired) electrons. The minimum Gasteiger partial charge on any atom is -0.480 e. The molecular formula is C13H22N2O3. The number of rotatable bonds is 2. The second kappa shape index (κ2) is 5.42. The van der Waals surface area contributed by atoms with Gasteiger partial charge in [0.2, 0.25) is 0 Å². The minimum absolute atomic E-state index is 0.141. The number of hydrogen-bond acceptors (Lipinski definition) is 2. The van der Waals surface area contributed by atoms with Crippen LogP contribution in [-0.4, -0.2) is 53.6 Å². The lowest BCUT2D eigenvalue weighted by Crippen LogP contribution is -2.45. The van der Waals surface area contributed by atoms with E-state index in [2.05, 4.69) is 26.8 Å². The molecule has 1 N–H and O–H groups in total. The first-order chi connectivity index (χ1) is 8.21. The summed E-state index contributed by atoms with van der Waals surface area (Å²) in [6, 6.07) is -0.221. The van der Waals surface area contributed by atoms with Gasteiger partial charge in [0.05, 0.1) is 0 Å². The molecule has 0 fully saturated rings. The molecule has 2 amide bonds. The highest BCUT2D eigenvalue weighted by atomic mass is 16.4. The first-order valence-electron chi connectivity index (χ1n) is 6.13. The van der Waals surface area contributed by atoms with Crippen LogP contribution in [0.2, 0.25) is 0 Å². The van der Waals surface area contributed by atoms with Crippen LogP contribution >= 0.6 is 0 Å². The van der Waals surface area contributed by atoms with Gasteiger partial charge in [-0.2, -0.15) is 0 Å². The van der Waals surface area contributed by atoms with Crippen molar-refractivity contribution >= 4 is 12.0 Å². The van der Waals surface area contributed by atoms with E-state index in [9.17, 15) is 9.59 Å². The molecule has 0 aliphatic carbocycles. The van der Waals surface area contributed by atoms with Gasteiger partial charge in [-0.25, -0.2) is 4.79 Å². The van der Waals surface area contributed by atoms with Gasteiger partial charge in [-0.1, -0.05) is 32.4 Å². The summed E-state index contributed by atoms with van der Waals surface area (Å²) >= 11 is 0. The molecule has 0 aromatic rings. The van der Waals surface area contributed by atoms with E-state index in [4.69, 9.17) is 5.11 Å². The quantitative estimate of drug-likeness (QED) is 0.764. The Hall–Kier alpha value is -1.52. The number of carboxylic acid groups (broad SMARTS) is 1. The number of aliphatic carboxylic acids is 1. The lowest BCUT2D eigenvalue weighted by molar-refractivity contribution is -0.137. The normalized spacial score (nSPS) is 16.2. The predicted molar refractivity (Wildman–Crippen MR) is 69.4 cm³/mol. The SMILES string of the molecule is CN(CC(=O)O)C(=O)N1CC=C(C(C)(C)C)CC1. The fourth-order valence-electron chi connectivity index (χ4n) is 2.04. The van der Waals surface area contributed by atoms with Crippen LogP contribution in [0.5, 0.6) is 0 Å². The first-order valence-corrected chi connectivity index (χ1v) is 6.13. The van der Waals surface area contributed by atoms with Crippen molar-refractivity contribution in [3.63, 3.8) is 0 Å². The minimum atomic E-state index is -0.992. The maximum absolute atomic E-state index is 11.9. The van der Waals surface area contributed by atoms with Crippen LogP contribution in [0.1, 0.15) is 27.2 Å². The Labute approximate surface area is 108 Å². The summed E-state index contributed by atoms with van der Waals surface area (Å²) in [5.41, 5.74) is 1.50. The molecule has 0 saturated carbocycles. The number of urea groups is 1. The van der Waals surface area contributed by atoms with E-state index in [1.165, 1.54) is 17.5 Å². The van der Waals surface area contributed by atoms with Crippen molar-refractivity contribution < 1.29 is 14.7 Å². The maximum Gasteiger partial charge on any atom is 0.323 e. The van der Waals surface area contributed by atoms with Gasteiger partial charge in [0, 0.05) is 20.1 Å². The zero-order chi connectivity index (χ0) is 13.9. The number of hydrogen-bond donors (Lipinski definition) is 1. The van der Waals surface area contributed by atoms with Crippen molar-refractivity contribution in [1.29, 1.82) is 0 Å². The van der Waals surface area contributed by atoms with E-state index in [1.807, 2.05) is 0 Å². The van der Waals surface area contributed by atoms with E-state index >= 15 is 0 Å². The Balaban J connectivity index is 2.60. The molecule has 1 heterocycles. The Kier molecular flexibility index (Phi) is 4.38. The van der Waals surface area contributed by atoms with Gasteiger partial charge in [0.15, 0.2) is 0 Å². The zero-order valence-electron chi connectivity index (χ0n) is 11.6. The molecule has 0 aromatic heterocycles. The van der Waals surface area contributed by atoms with Gasteiger partial charge in [0.1, 0.15) is 6.54 Å². The van der Waals surface area contributed by atoms with Crippen LogP contribution in [0, 0.1) is 5.41 Å². The fraction of sp³-hybridized carbons (Fsp3) is 0.692. The summed E-state index contributed by atoms with van der Waals surface area (Å²) < 4.78 is 0. The van der Waals surface area contributed by atoms with Crippen molar-refractivity contribution in [3.05, 3.63) is 11.6 Å². The number of amides is 2. The monoisotopic (exact) mass is 254 g/mol. The third-order valence-corrected chi connectivity index (χ3v) is 3.14. The highest BCUT2D eigenvalue weighted by Gasteiger charge is 2.25. The number of likely N-dealkylation sites (N-methyl/N-ethyl adjacent to an activating group) is 1. The molecule has 0 spiro atoms. The lowest BCUT2D eigenvalue weighted by atomic mass is 9.83. The maximum atomic E-state index is 11.9. The van der Waals surface area contributed by atoms with Crippen LogP contribution in [0.3, 0.4) is 0 Å². The van der Waals surface area contributed by atoms with E-state index < -0.39 is 5.97 Å². The number of nitrogens with zero attached hydrogens (tertiary/aromatic N) is 2. The van der Waals surface area contributed by atoms with Gasteiger partial charge in [0.25, 0.3) is 0 Å². The largest absolute Gasteiger partial charge is 0.480 e. The average molecular weight is 254 g/mol.